The molecule has 0 saturated carbocycles. The highest BCUT2D eigenvalue weighted by molar-refractivity contribution is 5.90. The minimum atomic E-state index is 1.08. The number of fused-ring (bicyclic) bond motifs is 2. The van der Waals surface area contributed by atoms with E-state index in [1.165, 1.54) is 38.5 Å². The van der Waals surface area contributed by atoms with Crippen molar-refractivity contribution in [3.63, 3.8) is 0 Å². The van der Waals surface area contributed by atoms with Crippen LogP contribution in [0.25, 0.3) is 32.9 Å². The number of aromatic nitrogens is 1. The lowest BCUT2D eigenvalue weighted by Crippen LogP contribution is -1.78. The molecule has 1 N–H and O–H groups in total. The number of hydrogen-bond donors (Lipinski definition) is 1. The zero-order valence-corrected chi connectivity index (χ0v) is 12.1. The van der Waals surface area contributed by atoms with Gasteiger partial charge in [-0.15, -0.1) is 0 Å². The maximum Gasteiger partial charge on any atom is 0.0465 e. The third-order valence-electron chi connectivity index (χ3n) is 4.15. The third-order valence-corrected chi connectivity index (χ3v) is 4.15. The van der Waals surface area contributed by atoms with Crippen LogP contribution in [0.5, 0.6) is 0 Å². The molecule has 0 aliphatic rings. The number of nitrogens with one attached hydrogen (secondary N) is 1. The standard InChI is InChI=1S/C20H17N/c1-2-14-7-10-19-18(11-14)13-20(21-19)17-9-8-15-5-3-4-6-16(15)12-17/h3-13,21H,2H2,1H3. The quantitative estimate of drug-likeness (QED) is 0.492. The number of aryl methyl sites for hydroxylation is 1. The molecule has 1 aromatic heterocycles. The smallest absolute Gasteiger partial charge is 0.0465 e. The molecule has 1 nitrogen and oxygen atoms in total. The van der Waals surface area contributed by atoms with Crippen molar-refractivity contribution in [2.75, 3.05) is 0 Å². The van der Waals surface area contributed by atoms with E-state index in [0.29, 0.717) is 0 Å². The molecule has 102 valence electrons. The van der Waals surface area contributed by atoms with Gasteiger partial charge in [0.1, 0.15) is 0 Å². The van der Waals surface area contributed by atoms with E-state index in [1.54, 1.807) is 0 Å². The molecular formula is C20H17N. The van der Waals surface area contributed by atoms with Crippen LogP contribution in [0.2, 0.25) is 0 Å². The highest BCUT2D eigenvalue weighted by Crippen LogP contribution is 2.27. The Morgan fingerprint density at radius 1 is 0.762 bits per heavy atom. The van der Waals surface area contributed by atoms with Crippen LogP contribution in [-0.4, -0.2) is 4.98 Å². The van der Waals surface area contributed by atoms with Crippen LogP contribution in [-0.2, 0) is 6.42 Å². The summed E-state index contributed by atoms with van der Waals surface area (Å²) >= 11 is 0. The van der Waals surface area contributed by atoms with E-state index in [2.05, 4.69) is 78.6 Å². The highest BCUT2D eigenvalue weighted by Gasteiger charge is 2.05. The Labute approximate surface area is 124 Å². The Hall–Kier alpha value is -2.54. The van der Waals surface area contributed by atoms with E-state index in [1.807, 2.05) is 0 Å². The molecule has 0 amide bonds. The normalized spacial score (nSPS) is 11.3. The fourth-order valence-electron chi connectivity index (χ4n) is 2.91. The third kappa shape index (κ3) is 2.11. The predicted octanol–water partition coefficient (Wildman–Crippen LogP) is 5.55. The van der Waals surface area contributed by atoms with Crippen LogP contribution in [0, 0.1) is 0 Å². The van der Waals surface area contributed by atoms with Crippen molar-refractivity contribution in [2.45, 2.75) is 13.3 Å². The number of benzene rings is 3. The summed E-state index contributed by atoms with van der Waals surface area (Å²) in [6.07, 6.45) is 1.08. The van der Waals surface area contributed by atoms with Crippen LogP contribution < -0.4 is 0 Å². The average molecular weight is 271 g/mol. The van der Waals surface area contributed by atoms with Crippen LogP contribution in [0.4, 0.5) is 0 Å². The van der Waals surface area contributed by atoms with Gasteiger partial charge >= 0.3 is 0 Å². The monoisotopic (exact) mass is 271 g/mol. The number of H-pyrrole nitrogens is 1. The minimum absolute atomic E-state index is 1.08. The maximum absolute atomic E-state index is 3.53. The number of aromatic amines is 1. The average Bonchev–Trinajstić information content (AvgIpc) is 2.97. The lowest BCUT2D eigenvalue weighted by atomic mass is 10.0. The SMILES string of the molecule is CCc1ccc2[nH]c(-c3ccc4ccccc4c3)cc2c1. The van der Waals surface area contributed by atoms with E-state index in [0.717, 1.165) is 6.42 Å². The number of hydrogen-bond acceptors (Lipinski definition) is 0. The van der Waals surface area contributed by atoms with Crippen LogP contribution in [0.15, 0.2) is 66.7 Å². The molecule has 0 saturated heterocycles. The van der Waals surface area contributed by atoms with Gasteiger partial charge < -0.3 is 4.98 Å². The zero-order valence-electron chi connectivity index (χ0n) is 12.1. The summed E-state index contributed by atoms with van der Waals surface area (Å²) in [5.74, 6) is 0. The van der Waals surface area contributed by atoms with E-state index in [-0.39, 0.29) is 0 Å². The molecule has 3 aromatic carbocycles. The molecular weight excluding hydrogens is 254 g/mol. The molecule has 0 fully saturated rings. The van der Waals surface area contributed by atoms with Gasteiger partial charge in [0.05, 0.1) is 0 Å². The lowest BCUT2D eigenvalue weighted by molar-refractivity contribution is 1.15. The predicted molar refractivity (Wildman–Crippen MR) is 90.6 cm³/mol. The summed E-state index contributed by atoms with van der Waals surface area (Å²) in [4.78, 5) is 3.53. The Morgan fingerprint density at radius 2 is 1.62 bits per heavy atom. The summed E-state index contributed by atoms with van der Waals surface area (Å²) in [6, 6.07) is 24.0. The molecule has 0 aliphatic carbocycles. The van der Waals surface area contributed by atoms with E-state index >= 15 is 0 Å². The molecule has 1 heteroatoms. The molecule has 1 heterocycles. The molecule has 4 rings (SSSR count). The maximum atomic E-state index is 3.53. The first-order valence-corrected chi connectivity index (χ1v) is 7.44. The van der Waals surface area contributed by atoms with Crippen LogP contribution >= 0.6 is 0 Å². The van der Waals surface area contributed by atoms with Crippen molar-refractivity contribution in [3.8, 4) is 11.3 Å². The summed E-state index contributed by atoms with van der Waals surface area (Å²) in [5.41, 5.74) is 5.01. The largest absolute Gasteiger partial charge is 0.355 e. The fraction of sp³-hybridized carbons (Fsp3) is 0.100. The van der Waals surface area contributed by atoms with E-state index in [4.69, 9.17) is 0 Å². The summed E-state index contributed by atoms with van der Waals surface area (Å²) < 4.78 is 0. The fourth-order valence-corrected chi connectivity index (χ4v) is 2.91. The second-order valence-electron chi connectivity index (χ2n) is 5.52. The van der Waals surface area contributed by atoms with Crippen molar-refractivity contribution >= 4 is 21.7 Å². The lowest BCUT2D eigenvalue weighted by Gasteiger charge is -2.01. The topological polar surface area (TPSA) is 15.8 Å². The van der Waals surface area contributed by atoms with E-state index < -0.39 is 0 Å². The molecule has 0 atom stereocenters. The van der Waals surface area contributed by atoms with Gasteiger partial charge in [0.2, 0.25) is 0 Å². The second kappa shape index (κ2) is 4.78. The first-order chi connectivity index (χ1) is 10.3. The van der Waals surface area contributed by atoms with Gasteiger partial charge in [0.25, 0.3) is 0 Å². The molecule has 4 aromatic rings. The molecule has 0 radical (unpaired) electrons. The molecule has 0 unspecified atom stereocenters. The van der Waals surface area contributed by atoms with Crippen molar-refractivity contribution in [1.29, 1.82) is 0 Å². The van der Waals surface area contributed by atoms with Gasteiger partial charge in [-0.1, -0.05) is 49.4 Å². The first-order valence-electron chi connectivity index (χ1n) is 7.44. The van der Waals surface area contributed by atoms with Gasteiger partial charge in [-0.3, -0.25) is 0 Å². The van der Waals surface area contributed by atoms with Crippen LogP contribution in [0.3, 0.4) is 0 Å². The van der Waals surface area contributed by atoms with Gasteiger partial charge in [-0.2, -0.15) is 0 Å². The Kier molecular flexibility index (Phi) is 2.78. The second-order valence-corrected chi connectivity index (χ2v) is 5.52. The zero-order chi connectivity index (χ0) is 14.2. The van der Waals surface area contributed by atoms with Gasteiger partial charge in [-0.25, -0.2) is 0 Å². The number of rotatable bonds is 2. The van der Waals surface area contributed by atoms with Gasteiger partial charge in [-0.05, 0) is 52.6 Å². The first kappa shape index (κ1) is 12.2. The molecule has 21 heavy (non-hydrogen) atoms. The van der Waals surface area contributed by atoms with E-state index in [9.17, 15) is 0 Å². The highest BCUT2D eigenvalue weighted by atomic mass is 14.7. The molecule has 0 bridgehead atoms. The summed E-state index contributed by atoms with van der Waals surface area (Å²) in [5, 5.41) is 3.85. The minimum Gasteiger partial charge on any atom is -0.355 e. The Balaban J connectivity index is 1.87. The summed E-state index contributed by atoms with van der Waals surface area (Å²) in [7, 11) is 0. The molecule has 0 spiro atoms. The van der Waals surface area contributed by atoms with Crippen molar-refractivity contribution < 1.29 is 0 Å². The molecule has 0 aliphatic heterocycles. The van der Waals surface area contributed by atoms with Gasteiger partial charge in [0.15, 0.2) is 0 Å². The van der Waals surface area contributed by atoms with Crippen molar-refractivity contribution in [3.05, 3.63) is 72.3 Å². The Bertz CT molecular complexity index is 931. The van der Waals surface area contributed by atoms with Crippen molar-refractivity contribution in [2.24, 2.45) is 0 Å². The van der Waals surface area contributed by atoms with Gasteiger partial charge in [0, 0.05) is 16.6 Å². The van der Waals surface area contributed by atoms with Crippen LogP contribution in [0.1, 0.15) is 12.5 Å². The Morgan fingerprint density at radius 3 is 2.48 bits per heavy atom. The summed E-state index contributed by atoms with van der Waals surface area (Å²) in [6.45, 7) is 2.19. The van der Waals surface area contributed by atoms with Crippen molar-refractivity contribution in [1.82, 2.24) is 4.98 Å².